The van der Waals surface area contributed by atoms with Crippen LogP contribution < -0.4 is 0 Å². The summed E-state index contributed by atoms with van der Waals surface area (Å²) >= 11 is 1.66. The lowest BCUT2D eigenvalue weighted by atomic mass is 9.97. The molecule has 8 heteroatoms. The largest absolute Gasteiger partial charge is 0.507 e. The normalized spacial score (nSPS) is 11.4. The average Bonchev–Trinajstić information content (AvgIpc) is 3.41. The summed E-state index contributed by atoms with van der Waals surface area (Å²) in [4.78, 5) is 16.3. The summed E-state index contributed by atoms with van der Waals surface area (Å²) < 4.78 is 7.51. The average molecular weight is 465 g/mol. The van der Waals surface area contributed by atoms with Gasteiger partial charge in [-0.1, -0.05) is 18.2 Å². The Morgan fingerprint density at radius 1 is 1.27 bits per heavy atom. The second-order valence-corrected chi connectivity index (χ2v) is 9.12. The van der Waals surface area contributed by atoms with Gasteiger partial charge in [-0.25, -0.2) is 4.79 Å². The molecule has 2 aromatic heterocycles. The summed E-state index contributed by atoms with van der Waals surface area (Å²) in [7, 11) is 5.84. The molecule has 0 bridgehead atoms. The van der Waals surface area contributed by atoms with Crippen LogP contribution in [0.4, 0.5) is 0 Å². The van der Waals surface area contributed by atoms with Gasteiger partial charge in [0.2, 0.25) is 0 Å². The predicted octanol–water partition coefficient (Wildman–Crippen LogP) is 4.80. The molecule has 0 unspecified atom stereocenters. The van der Waals surface area contributed by atoms with Crippen molar-refractivity contribution in [3.63, 3.8) is 0 Å². The van der Waals surface area contributed by atoms with Crippen LogP contribution in [0.25, 0.3) is 22.0 Å². The number of H-pyrrole nitrogens is 1. The van der Waals surface area contributed by atoms with Gasteiger partial charge < -0.3 is 19.3 Å². The van der Waals surface area contributed by atoms with E-state index in [2.05, 4.69) is 22.3 Å². The number of esters is 1. The number of aromatic nitrogens is 3. The van der Waals surface area contributed by atoms with Crippen LogP contribution in [0.3, 0.4) is 0 Å². The molecule has 0 aliphatic rings. The van der Waals surface area contributed by atoms with E-state index in [0.29, 0.717) is 29.0 Å². The van der Waals surface area contributed by atoms with Crippen LogP contribution in [0.5, 0.6) is 5.75 Å². The Bertz CT molecular complexity index is 1260. The number of rotatable bonds is 8. The van der Waals surface area contributed by atoms with E-state index >= 15 is 0 Å². The first-order valence-electron chi connectivity index (χ1n) is 10.8. The molecule has 0 amide bonds. The summed E-state index contributed by atoms with van der Waals surface area (Å²) in [5.74, 6) is 0.366. The second-order valence-electron chi connectivity index (χ2n) is 8.07. The van der Waals surface area contributed by atoms with Crippen LogP contribution in [-0.4, -0.2) is 51.4 Å². The highest BCUT2D eigenvalue weighted by atomic mass is 32.2. The van der Waals surface area contributed by atoms with Gasteiger partial charge in [0.15, 0.2) is 0 Å². The first-order chi connectivity index (χ1) is 15.9. The van der Waals surface area contributed by atoms with Crippen molar-refractivity contribution in [3.8, 4) is 16.9 Å². The van der Waals surface area contributed by atoms with Gasteiger partial charge in [-0.3, -0.25) is 5.10 Å². The molecule has 7 nitrogen and oxygen atoms in total. The molecule has 172 valence electrons. The van der Waals surface area contributed by atoms with Gasteiger partial charge in [0.25, 0.3) is 0 Å². The Morgan fingerprint density at radius 3 is 2.67 bits per heavy atom. The van der Waals surface area contributed by atoms with E-state index in [9.17, 15) is 9.90 Å². The van der Waals surface area contributed by atoms with Gasteiger partial charge in [-0.15, -0.1) is 11.8 Å². The van der Waals surface area contributed by atoms with E-state index in [1.54, 1.807) is 31.1 Å². The second kappa shape index (κ2) is 9.72. The van der Waals surface area contributed by atoms with Crippen molar-refractivity contribution in [3.05, 3.63) is 65.6 Å². The molecule has 0 atom stereocenters. The van der Waals surface area contributed by atoms with E-state index < -0.39 is 0 Å². The number of fused-ring (bicyclic) bond motifs is 1. The summed E-state index contributed by atoms with van der Waals surface area (Å²) in [6.07, 6.45) is 3.43. The van der Waals surface area contributed by atoms with Crippen molar-refractivity contribution >= 4 is 28.6 Å². The van der Waals surface area contributed by atoms with Gasteiger partial charge in [0.1, 0.15) is 5.75 Å². The fourth-order valence-electron chi connectivity index (χ4n) is 4.06. The fourth-order valence-corrected chi connectivity index (χ4v) is 5.05. The van der Waals surface area contributed by atoms with Crippen LogP contribution in [0.15, 0.2) is 53.7 Å². The lowest BCUT2D eigenvalue weighted by Gasteiger charge is -2.16. The number of nitrogens with one attached hydrogen (secondary N) is 1. The number of phenolic OH excluding ortho intramolecular Hbond substituents is 1. The minimum absolute atomic E-state index is 0.149. The quantitative estimate of drug-likeness (QED) is 0.288. The SMILES string of the molecule is CCOC(=O)c1c(CSc2ccccc2)n(C)c2cc(-c3cn[nH]c3)c(O)c(CN(C)C)c12. The Kier molecular flexibility index (Phi) is 6.76. The standard InChI is InChI=1S/C25H28N4O3S/c1-5-32-25(31)23-21(15-33-17-9-7-6-8-10-17)29(4)20-11-18(16-12-26-27-13-16)24(30)19(22(20)23)14-28(2)3/h6-13,30H,5,14-15H2,1-4H3,(H,26,27). The number of aromatic hydroxyl groups is 1. The zero-order valence-electron chi connectivity index (χ0n) is 19.3. The van der Waals surface area contributed by atoms with Gasteiger partial charge in [0, 0.05) is 58.2 Å². The van der Waals surface area contributed by atoms with Crippen molar-refractivity contribution < 1.29 is 14.6 Å². The van der Waals surface area contributed by atoms with Crippen LogP contribution in [-0.2, 0) is 24.1 Å². The lowest BCUT2D eigenvalue weighted by molar-refractivity contribution is 0.0527. The molecule has 0 aliphatic heterocycles. The Morgan fingerprint density at radius 2 is 2.03 bits per heavy atom. The molecule has 0 aliphatic carbocycles. The molecular formula is C25H28N4O3S. The Labute approximate surface area is 197 Å². The number of benzene rings is 2. The minimum atomic E-state index is -0.373. The number of ether oxygens (including phenoxy) is 1. The molecule has 0 radical (unpaired) electrons. The van der Waals surface area contributed by atoms with Crippen molar-refractivity contribution in [2.45, 2.75) is 24.1 Å². The minimum Gasteiger partial charge on any atom is -0.507 e. The number of phenols is 1. The van der Waals surface area contributed by atoms with E-state index in [0.717, 1.165) is 27.1 Å². The maximum absolute atomic E-state index is 13.2. The first kappa shape index (κ1) is 22.9. The van der Waals surface area contributed by atoms with E-state index in [1.807, 2.05) is 54.9 Å². The van der Waals surface area contributed by atoms with Crippen LogP contribution >= 0.6 is 11.8 Å². The molecule has 0 fully saturated rings. The van der Waals surface area contributed by atoms with Crippen LogP contribution in [0, 0.1) is 0 Å². The summed E-state index contributed by atoms with van der Waals surface area (Å²) in [5, 5.41) is 18.9. The third-order valence-corrected chi connectivity index (χ3v) is 6.59. The smallest absolute Gasteiger partial charge is 0.340 e. The number of carbonyl (C=O) groups is 1. The number of hydrogen-bond donors (Lipinski definition) is 2. The topological polar surface area (TPSA) is 83.4 Å². The zero-order chi connectivity index (χ0) is 23.5. The molecule has 2 aromatic carbocycles. The molecule has 33 heavy (non-hydrogen) atoms. The number of nitrogens with zero attached hydrogens (tertiary/aromatic N) is 3. The van der Waals surface area contributed by atoms with Crippen LogP contribution in [0.2, 0.25) is 0 Å². The highest BCUT2D eigenvalue weighted by Gasteiger charge is 2.28. The van der Waals surface area contributed by atoms with Gasteiger partial charge in [-0.05, 0) is 39.2 Å². The Balaban J connectivity index is 1.97. The van der Waals surface area contributed by atoms with Crippen molar-refractivity contribution in [1.82, 2.24) is 19.7 Å². The molecule has 2 heterocycles. The maximum Gasteiger partial charge on any atom is 0.340 e. The summed E-state index contributed by atoms with van der Waals surface area (Å²) in [5.41, 5.74) is 4.40. The monoisotopic (exact) mass is 464 g/mol. The van der Waals surface area contributed by atoms with Crippen LogP contribution in [0.1, 0.15) is 28.5 Å². The third kappa shape index (κ3) is 4.49. The molecule has 0 saturated carbocycles. The molecule has 0 saturated heterocycles. The molecular weight excluding hydrogens is 436 g/mol. The van der Waals surface area contributed by atoms with Crippen molar-refractivity contribution in [1.29, 1.82) is 0 Å². The maximum atomic E-state index is 13.2. The Hall–Kier alpha value is -3.23. The lowest BCUT2D eigenvalue weighted by Crippen LogP contribution is -2.13. The number of aryl methyl sites for hydroxylation is 1. The van der Waals surface area contributed by atoms with Crippen molar-refractivity contribution in [2.24, 2.45) is 7.05 Å². The zero-order valence-corrected chi connectivity index (χ0v) is 20.1. The highest BCUT2D eigenvalue weighted by Crippen LogP contribution is 2.42. The molecule has 4 rings (SSSR count). The van der Waals surface area contributed by atoms with Gasteiger partial charge >= 0.3 is 5.97 Å². The number of thioether (sulfide) groups is 1. The van der Waals surface area contributed by atoms with E-state index in [-0.39, 0.29) is 18.3 Å². The van der Waals surface area contributed by atoms with E-state index in [4.69, 9.17) is 4.74 Å². The third-order valence-electron chi connectivity index (χ3n) is 5.57. The van der Waals surface area contributed by atoms with E-state index in [1.165, 1.54) is 0 Å². The number of hydrogen-bond acceptors (Lipinski definition) is 6. The predicted molar refractivity (Wildman–Crippen MR) is 132 cm³/mol. The highest BCUT2D eigenvalue weighted by molar-refractivity contribution is 7.98. The molecule has 4 aromatic rings. The molecule has 0 spiro atoms. The molecule has 2 N–H and O–H groups in total. The number of aromatic amines is 1. The number of carbonyl (C=O) groups excluding carboxylic acids is 1. The summed E-state index contributed by atoms with van der Waals surface area (Å²) in [6.45, 7) is 2.55. The van der Waals surface area contributed by atoms with Gasteiger partial charge in [0.05, 0.1) is 23.9 Å². The van der Waals surface area contributed by atoms with Crippen molar-refractivity contribution in [2.75, 3.05) is 20.7 Å². The summed E-state index contributed by atoms with van der Waals surface area (Å²) in [6, 6.07) is 12.0. The van der Waals surface area contributed by atoms with Gasteiger partial charge in [-0.2, -0.15) is 5.10 Å². The fraction of sp³-hybridized carbons (Fsp3) is 0.280. The first-order valence-corrected chi connectivity index (χ1v) is 11.8.